The number of hydrogen-bond donors (Lipinski definition) is 1. The number of nitrogens with one attached hydrogen (secondary N) is 1. The van der Waals surface area contributed by atoms with Gasteiger partial charge in [0.2, 0.25) is 11.1 Å². The first-order chi connectivity index (χ1) is 14.0. The van der Waals surface area contributed by atoms with Crippen LogP contribution in [0.2, 0.25) is 5.02 Å². The molecule has 0 saturated heterocycles. The number of ketones is 1. The highest BCUT2D eigenvalue weighted by Gasteiger charge is 2.20. The van der Waals surface area contributed by atoms with Crippen LogP contribution in [0.4, 0.5) is 5.69 Å². The van der Waals surface area contributed by atoms with Gasteiger partial charge in [0.05, 0.1) is 10.9 Å². The fourth-order valence-electron chi connectivity index (χ4n) is 2.64. The van der Waals surface area contributed by atoms with Gasteiger partial charge in [0.1, 0.15) is 0 Å². The Kier molecular flexibility index (Phi) is 7.00. The van der Waals surface area contributed by atoms with Gasteiger partial charge in [0, 0.05) is 22.7 Å². The van der Waals surface area contributed by atoms with Gasteiger partial charge in [-0.15, -0.1) is 5.10 Å². The molecule has 0 radical (unpaired) electrons. The van der Waals surface area contributed by atoms with Crippen LogP contribution in [0.1, 0.15) is 37.0 Å². The molecule has 3 aromatic rings. The van der Waals surface area contributed by atoms with Gasteiger partial charge in [-0.25, -0.2) is 0 Å². The van der Waals surface area contributed by atoms with Crippen LogP contribution in [-0.2, 0) is 4.79 Å². The Morgan fingerprint density at radius 2 is 1.97 bits per heavy atom. The van der Waals surface area contributed by atoms with Crippen LogP contribution in [0.3, 0.4) is 0 Å². The molecule has 7 nitrogen and oxygen atoms in total. The minimum absolute atomic E-state index is 0.0386. The van der Waals surface area contributed by atoms with Crippen molar-refractivity contribution in [3.8, 4) is 5.69 Å². The predicted octanol–water partition coefficient (Wildman–Crippen LogP) is 4.42. The highest BCUT2D eigenvalue weighted by atomic mass is 35.5. The van der Waals surface area contributed by atoms with E-state index in [0.717, 1.165) is 12.1 Å². The van der Waals surface area contributed by atoms with Crippen molar-refractivity contribution in [3.63, 3.8) is 0 Å². The van der Waals surface area contributed by atoms with Gasteiger partial charge in [0.15, 0.2) is 5.78 Å². The van der Waals surface area contributed by atoms with E-state index in [4.69, 9.17) is 11.6 Å². The molecular formula is C20H20ClN5O2S. The van der Waals surface area contributed by atoms with Gasteiger partial charge in [-0.2, -0.15) is 4.68 Å². The monoisotopic (exact) mass is 429 g/mol. The van der Waals surface area contributed by atoms with E-state index in [1.165, 1.54) is 11.8 Å². The SMILES string of the molecule is CCCC(=O)Nc1ccc(C(=O)C(C)Sc2nnnn2-c2cccc(Cl)c2)cc1. The van der Waals surface area contributed by atoms with Gasteiger partial charge in [0.25, 0.3) is 0 Å². The maximum Gasteiger partial charge on any atom is 0.224 e. The molecule has 3 rings (SSSR count). The predicted molar refractivity (Wildman–Crippen MR) is 114 cm³/mol. The van der Waals surface area contributed by atoms with Crippen molar-refractivity contribution in [1.82, 2.24) is 20.2 Å². The number of amides is 1. The molecule has 1 aromatic heterocycles. The molecule has 2 aromatic carbocycles. The molecule has 1 heterocycles. The average molecular weight is 430 g/mol. The number of nitrogens with zero attached hydrogens (tertiary/aromatic N) is 4. The van der Waals surface area contributed by atoms with Crippen LogP contribution in [-0.4, -0.2) is 37.1 Å². The molecule has 150 valence electrons. The van der Waals surface area contributed by atoms with Crippen LogP contribution in [0, 0.1) is 0 Å². The maximum absolute atomic E-state index is 12.8. The quantitative estimate of drug-likeness (QED) is 0.421. The number of halogens is 1. The molecule has 1 unspecified atom stereocenters. The summed E-state index contributed by atoms with van der Waals surface area (Å²) in [6.07, 6.45) is 1.25. The number of carbonyl (C=O) groups is 2. The fourth-order valence-corrected chi connectivity index (χ4v) is 3.71. The number of Topliss-reactive ketones (excluding diaryl/α,β-unsaturated/α-hetero) is 1. The Balaban J connectivity index is 1.69. The minimum atomic E-state index is -0.403. The van der Waals surface area contributed by atoms with Gasteiger partial charge in [-0.05, 0) is 66.2 Å². The number of benzene rings is 2. The number of tetrazole rings is 1. The maximum atomic E-state index is 12.8. The second-order valence-electron chi connectivity index (χ2n) is 6.35. The Bertz CT molecular complexity index is 1010. The summed E-state index contributed by atoms with van der Waals surface area (Å²) in [4.78, 5) is 24.5. The second-order valence-corrected chi connectivity index (χ2v) is 8.10. The smallest absolute Gasteiger partial charge is 0.224 e. The summed E-state index contributed by atoms with van der Waals surface area (Å²) in [5, 5.41) is 15.2. The van der Waals surface area contributed by atoms with E-state index in [-0.39, 0.29) is 11.7 Å². The van der Waals surface area contributed by atoms with Crippen LogP contribution in [0.15, 0.2) is 53.7 Å². The zero-order valence-electron chi connectivity index (χ0n) is 16.0. The van der Waals surface area contributed by atoms with E-state index in [9.17, 15) is 9.59 Å². The Hall–Kier alpha value is -2.71. The fraction of sp³-hybridized carbons (Fsp3) is 0.250. The summed E-state index contributed by atoms with van der Waals surface area (Å²) in [6.45, 7) is 3.75. The molecule has 1 amide bonds. The highest BCUT2D eigenvalue weighted by molar-refractivity contribution is 8.00. The summed E-state index contributed by atoms with van der Waals surface area (Å²) in [5.41, 5.74) is 1.95. The van der Waals surface area contributed by atoms with Crippen molar-refractivity contribution < 1.29 is 9.59 Å². The number of hydrogen-bond acceptors (Lipinski definition) is 6. The normalized spacial score (nSPS) is 11.8. The van der Waals surface area contributed by atoms with Crippen molar-refractivity contribution in [2.24, 2.45) is 0 Å². The topological polar surface area (TPSA) is 89.8 Å². The van der Waals surface area contributed by atoms with E-state index in [1.807, 2.05) is 19.1 Å². The van der Waals surface area contributed by atoms with Gasteiger partial charge in [-0.1, -0.05) is 36.4 Å². The summed E-state index contributed by atoms with van der Waals surface area (Å²) >= 11 is 7.31. The molecule has 0 aliphatic heterocycles. The van der Waals surface area contributed by atoms with Crippen molar-refractivity contribution in [2.75, 3.05) is 5.32 Å². The van der Waals surface area contributed by atoms with Crippen molar-refractivity contribution in [2.45, 2.75) is 37.1 Å². The van der Waals surface area contributed by atoms with Crippen molar-refractivity contribution in [1.29, 1.82) is 0 Å². The van der Waals surface area contributed by atoms with Crippen LogP contribution in [0.5, 0.6) is 0 Å². The third-order valence-corrected chi connectivity index (χ3v) is 5.34. The van der Waals surface area contributed by atoms with Crippen LogP contribution >= 0.6 is 23.4 Å². The van der Waals surface area contributed by atoms with E-state index < -0.39 is 5.25 Å². The molecule has 29 heavy (non-hydrogen) atoms. The van der Waals surface area contributed by atoms with Crippen LogP contribution < -0.4 is 5.32 Å². The number of aromatic nitrogens is 4. The van der Waals surface area contributed by atoms with Gasteiger partial charge in [-0.3, -0.25) is 9.59 Å². The number of rotatable bonds is 8. The first-order valence-corrected chi connectivity index (χ1v) is 10.4. The molecule has 0 spiro atoms. The lowest BCUT2D eigenvalue weighted by molar-refractivity contribution is -0.116. The molecule has 1 atom stereocenters. The van der Waals surface area contributed by atoms with Crippen molar-refractivity contribution >= 4 is 40.7 Å². The molecule has 9 heteroatoms. The van der Waals surface area contributed by atoms with E-state index in [0.29, 0.717) is 27.9 Å². The highest BCUT2D eigenvalue weighted by Crippen LogP contribution is 2.26. The largest absolute Gasteiger partial charge is 0.326 e. The molecule has 1 N–H and O–H groups in total. The summed E-state index contributed by atoms with van der Waals surface area (Å²) in [6, 6.07) is 14.0. The Labute approximate surface area is 177 Å². The molecule has 0 bridgehead atoms. The lowest BCUT2D eigenvalue weighted by Gasteiger charge is -2.11. The van der Waals surface area contributed by atoms with E-state index >= 15 is 0 Å². The number of anilines is 1. The third kappa shape index (κ3) is 5.42. The lowest BCUT2D eigenvalue weighted by atomic mass is 10.1. The number of thioether (sulfide) groups is 1. The zero-order chi connectivity index (χ0) is 20.8. The minimum Gasteiger partial charge on any atom is -0.326 e. The summed E-state index contributed by atoms with van der Waals surface area (Å²) < 4.78 is 1.55. The Morgan fingerprint density at radius 3 is 2.66 bits per heavy atom. The molecule has 0 aliphatic carbocycles. The third-order valence-electron chi connectivity index (χ3n) is 4.08. The van der Waals surface area contributed by atoms with Gasteiger partial charge >= 0.3 is 0 Å². The van der Waals surface area contributed by atoms with E-state index in [2.05, 4.69) is 20.8 Å². The van der Waals surface area contributed by atoms with Crippen LogP contribution in [0.25, 0.3) is 5.69 Å². The Morgan fingerprint density at radius 1 is 1.21 bits per heavy atom. The zero-order valence-corrected chi connectivity index (χ0v) is 17.6. The molecule has 0 fully saturated rings. The van der Waals surface area contributed by atoms with Crippen molar-refractivity contribution in [3.05, 3.63) is 59.1 Å². The number of carbonyl (C=O) groups excluding carboxylic acids is 2. The molecular weight excluding hydrogens is 410 g/mol. The average Bonchev–Trinajstić information content (AvgIpc) is 3.16. The van der Waals surface area contributed by atoms with E-state index in [1.54, 1.807) is 48.0 Å². The molecule has 0 aliphatic rings. The standard InChI is InChI=1S/C20H20ClN5O2S/c1-3-5-18(27)22-16-10-8-14(9-11-16)19(28)13(2)29-20-23-24-25-26(20)17-7-4-6-15(21)12-17/h4,6-13H,3,5H2,1-2H3,(H,22,27). The first-order valence-electron chi connectivity index (χ1n) is 9.13. The lowest BCUT2D eigenvalue weighted by Crippen LogP contribution is -2.15. The summed E-state index contributed by atoms with van der Waals surface area (Å²) in [7, 11) is 0. The summed E-state index contributed by atoms with van der Waals surface area (Å²) in [5.74, 6) is -0.0922. The first kappa shape index (κ1) is 21.0. The second kappa shape index (κ2) is 9.67. The molecule has 0 saturated carbocycles. The van der Waals surface area contributed by atoms with Gasteiger partial charge < -0.3 is 5.32 Å².